The van der Waals surface area contributed by atoms with Gasteiger partial charge in [0.05, 0.1) is 6.54 Å². The molecule has 2 aromatic carbocycles. The second-order valence-electron chi connectivity index (χ2n) is 5.48. The van der Waals surface area contributed by atoms with Crippen molar-refractivity contribution in [2.45, 2.75) is 6.54 Å². The van der Waals surface area contributed by atoms with Crippen LogP contribution in [0, 0.1) is 5.82 Å². The minimum atomic E-state index is -0.858. The summed E-state index contributed by atoms with van der Waals surface area (Å²) in [4.78, 5) is 53.8. The van der Waals surface area contributed by atoms with Gasteiger partial charge in [-0.1, -0.05) is 12.1 Å². The van der Waals surface area contributed by atoms with Gasteiger partial charge in [-0.3, -0.25) is 33.9 Å². The molecule has 0 atom stereocenters. The van der Waals surface area contributed by atoms with Gasteiger partial charge in [0.15, 0.2) is 0 Å². The molecule has 4 rings (SSSR count). The highest BCUT2D eigenvalue weighted by molar-refractivity contribution is 5.93. The summed E-state index contributed by atoms with van der Waals surface area (Å²) in [7, 11) is 0. The third-order valence-electron chi connectivity index (χ3n) is 4.01. The lowest BCUT2D eigenvalue weighted by atomic mass is 10.2. The number of benzene rings is 2. The van der Waals surface area contributed by atoms with Gasteiger partial charge in [-0.2, -0.15) is 0 Å². The summed E-state index contributed by atoms with van der Waals surface area (Å²) in [5.74, 6) is -0.459. The fraction of sp³-hybridized carbons (Fsp3) is 0.0625. The number of fused-ring (bicyclic) bond motifs is 2. The Bertz CT molecular complexity index is 1270. The van der Waals surface area contributed by atoms with Gasteiger partial charge in [0, 0.05) is 0 Å². The largest absolute Gasteiger partial charge is 0.294 e. The van der Waals surface area contributed by atoms with Crippen molar-refractivity contribution in [3.63, 3.8) is 0 Å². The molecular weight excluding hydrogens is 331 g/mol. The van der Waals surface area contributed by atoms with E-state index in [0.717, 1.165) is 10.9 Å². The average Bonchev–Trinajstić information content (AvgIpc) is 2.86. The number of rotatable bonds is 2. The Hall–Kier alpha value is -3.62. The Balaban J connectivity index is 2.08. The van der Waals surface area contributed by atoms with E-state index in [4.69, 9.17) is 0 Å². The SMILES string of the molecule is O=c1c2nc[nH][nH]c2c(=O)c2c(=O)n(Cc3ccc(F)cc3)c(=O)c12. The molecule has 9 heteroatoms. The maximum Gasteiger partial charge on any atom is 0.266 e. The molecule has 0 saturated carbocycles. The van der Waals surface area contributed by atoms with Crippen LogP contribution >= 0.6 is 0 Å². The van der Waals surface area contributed by atoms with Crippen LogP contribution in [0.15, 0.2) is 49.8 Å². The van der Waals surface area contributed by atoms with E-state index in [2.05, 4.69) is 15.2 Å². The van der Waals surface area contributed by atoms with Crippen LogP contribution < -0.4 is 22.0 Å². The number of aromatic amines is 2. The highest BCUT2D eigenvalue weighted by atomic mass is 19.1. The molecule has 2 N–H and O–H groups in total. The van der Waals surface area contributed by atoms with Crippen LogP contribution in [0.5, 0.6) is 0 Å². The van der Waals surface area contributed by atoms with E-state index >= 15 is 0 Å². The zero-order chi connectivity index (χ0) is 17.7. The fourth-order valence-corrected chi connectivity index (χ4v) is 2.82. The van der Waals surface area contributed by atoms with Crippen LogP contribution in [-0.2, 0) is 6.54 Å². The van der Waals surface area contributed by atoms with Crippen LogP contribution in [0.2, 0.25) is 0 Å². The Morgan fingerprint density at radius 1 is 0.960 bits per heavy atom. The summed E-state index contributed by atoms with van der Waals surface area (Å²) < 4.78 is 13.8. The van der Waals surface area contributed by atoms with Gasteiger partial charge < -0.3 is 0 Å². The first-order valence-electron chi connectivity index (χ1n) is 7.21. The van der Waals surface area contributed by atoms with Gasteiger partial charge in [-0.05, 0) is 17.7 Å². The Labute approximate surface area is 136 Å². The number of nitrogens with one attached hydrogen (secondary N) is 2. The highest BCUT2D eigenvalue weighted by Gasteiger charge is 2.22. The minimum absolute atomic E-state index is 0.170. The summed E-state index contributed by atoms with van der Waals surface area (Å²) in [5, 5.41) is 3.98. The van der Waals surface area contributed by atoms with E-state index in [-0.39, 0.29) is 17.6 Å². The van der Waals surface area contributed by atoms with Gasteiger partial charge in [0.1, 0.15) is 34.0 Å². The fourth-order valence-electron chi connectivity index (χ4n) is 2.82. The molecule has 4 aromatic rings. The smallest absolute Gasteiger partial charge is 0.266 e. The maximum atomic E-state index is 13.0. The monoisotopic (exact) mass is 340 g/mol. The Morgan fingerprint density at radius 3 is 2.28 bits per heavy atom. The molecule has 0 radical (unpaired) electrons. The Morgan fingerprint density at radius 2 is 1.60 bits per heavy atom. The number of aromatic nitrogens is 4. The molecular formula is C16H9FN4O4. The van der Waals surface area contributed by atoms with Crippen molar-refractivity contribution >= 4 is 21.8 Å². The molecule has 0 aliphatic carbocycles. The Kier molecular flexibility index (Phi) is 3.11. The lowest BCUT2D eigenvalue weighted by Crippen LogP contribution is -2.27. The molecule has 0 saturated heterocycles. The van der Waals surface area contributed by atoms with Crippen molar-refractivity contribution in [3.05, 3.63) is 83.1 Å². The number of hydrogen-bond acceptors (Lipinski definition) is 5. The van der Waals surface area contributed by atoms with Crippen molar-refractivity contribution in [2.24, 2.45) is 0 Å². The lowest BCUT2D eigenvalue weighted by Gasteiger charge is -2.00. The topological polar surface area (TPSA) is 118 Å². The summed E-state index contributed by atoms with van der Waals surface area (Å²) in [6.45, 7) is -0.175. The first-order valence-corrected chi connectivity index (χ1v) is 7.21. The number of hydrogen-bond donors (Lipinski definition) is 2. The van der Waals surface area contributed by atoms with Crippen LogP contribution in [0.4, 0.5) is 4.39 Å². The highest BCUT2D eigenvalue weighted by Crippen LogP contribution is 2.06. The van der Waals surface area contributed by atoms with Crippen LogP contribution in [-0.4, -0.2) is 19.7 Å². The van der Waals surface area contributed by atoms with E-state index in [0.29, 0.717) is 5.56 Å². The van der Waals surface area contributed by atoms with Crippen LogP contribution in [0.25, 0.3) is 21.8 Å². The van der Waals surface area contributed by atoms with Crippen molar-refractivity contribution < 1.29 is 4.39 Å². The van der Waals surface area contributed by atoms with Gasteiger partial charge >= 0.3 is 0 Å². The zero-order valence-electron chi connectivity index (χ0n) is 12.5. The van der Waals surface area contributed by atoms with E-state index in [1.165, 1.54) is 24.3 Å². The summed E-state index contributed by atoms with van der Waals surface area (Å²) >= 11 is 0. The van der Waals surface area contributed by atoms with Crippen molar-refractivity contribution in [1.29, 1.82) is 0 Å². The first-order chi connectivity index (χ1) is 12.0. The lowest BCUT2D eigenvalue weighted by molar-refractivity contribution is 0.626. The maximum absolute atomic E-state index is 13.0. The number of nitrogens with zero attached hydrogens (tertiary/aromatic N) is 2. The summed E-state index contributed by atoms with van der Waals surface area (Å²) in [6, 6.07) is 5.20. The summed E-state index contributed by atoms with van der Waals surface area (Å²) in [5.41, 5.74) is -3.17. The molecule has 0 aliphatic rings. The molecule has 0 fully saturated rings. The molecule has 0 bridgehead atoms. The van der Waals surface area contributed by atoms with Crippen molar-refractivity contribution in [1.82, 2.24) is 19.7 Å². The van der Waals surface area contributed by atoms with Gasteiger partial charge in [0.25, 0.3) is 11.1 Å². The van der Waals surface area contributed by atoms with Crippen molar-refractivity contribution in [3.8, 4) is 0 Å². The second-order valence-corrected chi connectivity index (χ2v) is 5.48. The van der Waals surface area contributed by atoms with E-state index in [1.807, 2.05) is 0 Å². The standard InChI is InChI=1S/C16H9FN4O4/c17-8-3-1-7(2-4-8)5-21-15(24)9-10(16(21)25)14(23)12-11(13(9)22)18-6-19-20-12/h1-4,6,20H,5H2,(H,18,19). The molecule has 8 nitrogen and oxygen atoms in total. The number of H-pyrrole nitrogens is 2. The molecule has 2 heterocycles. The molecule has 2 aromatic heterocycles. The quantitative estimate of drug-likeness (QED) is 0.529. The minimum Gasteiger partial charge on any atom is -0.294 e. The summed E-state index contributed by atoms with van der Waals surface area (Å²) in [6.07, 6.45) is 1.16. The zero-order valence-corrected chi connectivity index (χ0v) is 12.5. The molecule has 0 aliphatic heterocycles. The second kappa shape index (κ2) is 5.20. The van der Waals surface area contributed by atoms with E-state index < -0.39 is 38.6 Å². The number of halogens is 1. The predicted molar refractivity (Wildman–Crippen MR) is 87.7 cm³/mol. The normalized spacial score (nSPS) is 11.4. The van der Waals surface area contributed by atoms with Gasteiger partial charge in [-0.15, -0.1) is 0 Å². The molecule has 0 unspecified atom stereocenters. The third kappa shape index (κ3) is 2.09. The average molecular weight is 340 g/mol. The van der Waals surface area contributed by atoms with Gasteiger partial charge in [-0.25, -0.2) is 9.37 Å². The predicted octanol–water partition coefficient (Wildman–Crippen LogP) is -0.0883. The van der Waals surface area contributed by atoms with Crippen molar-refractivity contribution in [2.75, 3.05) is 0 Å². The molecule has 0 spiro atoms. The van der Waals surface area contributed by atoms with Crippen LogP contribution in [0.1, 0.15) is 5.56 Å². The molecule has 124 valence electrons. The molecule has 25 heavy (non-hydrogen) atoms. The first kappa shape index (κ1) is 14.9. The molecule has 0 amide bonds. The van der Waals surface area contributed by atoms with Crippen LogP contribution in [0.3, 0.4) is 0 Å². The van der Waals surface area contributed by atoms with Gasteiger partial charge in [0.2, 0.25) is 10.9 Å². The third-order valence-corrected chi connectivity index (χ3v) is 4.01. The van der Waals surface area contributed by atoms with E-state index in [1.54, 1.807) is 0 Å². The van der Waals surface area contributed by atoms with E-state index in [9.17, 15) is 23.6 Å².